The van der Waals surface area contributed by atoms with Gasteiger partial charge in [-0.2, -0.15) is 0 Å². The molecule has 0 bridgehead atoms. The molecule has 2 unspecified atom stereocenters. The normalized spacial score (nSPS) is 14.1. The van der Waals surface area contributed by atoms with Gasteiger partial charge in [-0.05, 0) is 53.4 Å². The Hall–Kier alpha value is -1.44. The Labute approximate surface area is 266 Å². The lowest BCUT2D eigenvalue weighted by molar-refractivity contribution is -0.167. The van der Waals surface area contributed by atoms with Crippen LogP contribution in [0.25, 0.3) is 0 Å². The smallest absolute Gasteiger partial charge is 0.162 e. The van der Waals surface area contributed by atoms with E-state index in [0.717, 1.165) is 74.4 Å². The minimum absolute atomic E-state index is 0.117. The SMILES string of the molecule is CCCCCCCC(OCOCOC(CCCCCCC)C(OCC)=C(CCC)OCC)C(OCC)=C(CCC)OCC. The topological polar surface area (TPSA) is 64.6 Å². The summed E-state index contributed by atoms with van der Waals surface area (Å²) in [6, 6.07) is 0. The summed E-state index contributed by atoms with van der Waals surface area (Å²) >= 11 is 0. The van der Waals surface area contributed by atoms with E-state index in [4.69, 9.17) is 33.2 Å². The van der Waals surface area contributed by atoms with Crippen LogP contribution in [-0.2, 0) is 33.2 Å². The van der Waals surface area contributed by atoms with Crippen LogP contribution >= 0.6 is 0 Å². The largest absolute Gasteiger partial charge is 0.495 e. The maximum absolute atomic E-state index is 6.34. The molecule has 0 rings (SSSR count). The molecule has 256 valence electrons. The van der Waals surface area contributed by atoms with Crippen molar-refractivity contribution in [1.29, 1.82) is 0 Å². The van der Waals surface area contributed by atoms with Gasteiger partial charge < -0.3 is 33.2 Å². The zero-order valence-electron chi connectivity index (χ0n) is 29.6. The summed E-state index contributed by atoms with van der Waals surface area (Å²) in [5.41, 5.74) is 0. The molecule has 0 aliphatic rings. The van der Waals surface area contributed by atoms with E-state index < -0.39 is 0 Å². The summed E-state index contributed by atoms with van der Waals surface area (Å²) in [5.74, 6) is 3.43. The Kier molecular flexibility index (Phi) is 29.6. The second-order valence-corrected chi connectivity index (χ2v) is 11.0. The molecule has 0 aliphatic heterocycles. The molecule has 0 saturated heterocycles. The highest BCUT2D eigenvalue weighted by Crippen LogP contribution is 2.26. The predicted octanol–water partition coefficient (Wildman–Crippen LogP) is 10.6. The van der Waals surface area contributed by atoms with Gasteiger partial charge in [-0.1, -0.05) is 91.9 Å². The lowest BCUT2D eigenvalue weighted by Crippen LogP contribution is -2.25. The van der Waals surface area contributed by atoms with Crippen molar-refractivity contribution >= 4 is 0 Å². The number of ether oxygens (including phenoxy) is 7. The number of hydrogen-bond donors (Lipinski definition) is 0. The highest BCUT2D eigenvalue weighted by atomic mass is 16.7. The summed E-state index contributed by atoms with van der Waals surface area (Å²) in [5, 5.41) is 0. The zero-order valence-corrected chi connectivity index (χ0v) is 29.6. The molecule has 0 spiro atoms. The fourth-order valence-electron chi connectivity index (χ4n) is 5.09. The summed E-state index contributed by atoms with van der Waals surface area (Å²) in [6.07, 6.45) is 16.9. The van der Waals surface area contributed by atoms with Crippen LogP contribution in [0.15, 0.2) is 23.0 Å². The van der Waals surface area contributed by atoms with Gasteiger partial charge in [0.15, 0.2) is 25.1 Å². The molecule has 0 radical (unpaired) electrons. The summed E-state index contributed by atoms with van der Waals surface area (Å²) < 4.78 is 43.0. The van der Waals surface area contributed by atoms with Gasteiger partial charge in [0.05, 0.1) is 26.4 Å². The third-order valence-electron chi connectivity index (χ3n) is 7.17. The van der Waals surface area contributed by atoms with Gasteiger partial charge in [0, 0.05) is 12.8 Å². The van der Waals surface area contributed by atoms with Gasteiger partial charge in [0.1, 0.15) is 23.7 Å². The standard InChI is InChI=1S/C36H70O7/c1-9-17-19-21-23-27-33(35(40-15-7)31(25-11-3)38-13-5)42-29-37-30-43-34(28-24-22-20-18-10-2)36(41-16-8)32(26-12-4)39-14-6/h33-34H,9-30H2,1-8H3. The highest BCUT2D eigenvalue weighted by Gasteiger charge is 2.24. The monoisotopic (exact) mass is 615 g/mol. The molecule has 7 nitrogen and oxygen atoms in total. The van der Waals surface area contributed by atoms with Crippen molar-refractivity contribution in [3.8, 4) is 0 Å². The van der Waals surface area contributed by atoms with E-state index in [1.54, 1.807) is 0 Å². The van der Waals surface area contributed by atoms with Gasteiger partial charge in [0.2, 0.25) is 0 Å². The van der Waals surface area contributed by atoms with Gasteiger partial charge in [-0.25, -0.2) is 0 Å². The zero-order chi connectivity index (χ0) is 32.0. The number of hydrogen-bond acceptors (Lipinski definition) is 7. The second-order valence-electron chi connectivity index (χ2n) is 11.0. The first-order valence-electron chi connectivity index (χ1n) is 17.9. The maximum Gasteiger partial charge on any atom is 0.162 e. The van der Waals surface area contributed by atoms with E-state index in [1.807, 2.05) is 27.7 Å². The van der Waals surface area contributed by atoms with Crippen LogP contribution in [0.4, 0.5) is 0 Å². The van der Waals surface area contributed by atoms with Crippen LogP contribution < -0.4 is 0 Å². The molecule has 7 heteroatoms. The molecular weight excluding hydrogens is 544 g/mol. The molecular formula is C36H70O7. The third kappa shape index (κ3) is 20.3. The second kappa shape index (κ2) is 30.6. The van der Waals surface area contributed by atoms with Crippen LogP contribution in [0.2, 0.25) is 0 Å². The van der Waals surface area contributed by atoms with Gasteiger partial charge in [0.25, 0.3) is 0 Å². The molecule has 0 aromatic carbocycles. The van der Waals surface area contributed by atoms with E-state index >= 15 is 0 Å². The van der Waals surface area contributed by atoms with Crippen LogP contribution in [-0.4, -0.2) is 52.2 Å². The lowest BCUT2D eigenvalue weighted by Gasteiger charge is -2.25. The average molecular weight is 615 g/mol. The van der Waals surface area contributed by atoms with Crippen LogP contribution in [0, 0.1) is 0 Å². The fraction of sp³-hybridized carbons (Fsp3) is 0.889. The minimum atomic E-state index is -0.211. The van der Waals surface area contributed by atoms with E-state index in [9.17, 15) is 0 Å². The van der Waals surface area contributed by atoms with Crippen molar-refractivity contribution in [2.24, 2.45) is 0 Å². The van der Waals surface area contributed by atoms with E-state index in [-0.39, 0.29) is 25.8 Å². The summed E-state index contributed by atoms with van der Waals surface area (Å²) in [7, 11) is 0. The Morgan fingerprint density at radius 3 is 1.12 bits per heavy atom. The first-order chi connectivity index (χ1) is 21.1. The van der Waals surface area contributed by atoms with Crippen molar-refractivity contribution < 1.29 is 33.2 Å². The van der Waals surface area contributed by atoms with Crippen LogP contribution in [0.3, 0.4) is 0 Å². The number of rotatable bonds is 32. The van der Waals surface area contributed by atoms with Crippen LogP contribution in [0.5, 0.6) is 0 Å². The molecule has 43 heavy (non-hydrogen) atoms. The van der Waals surface area contributed by atoms with Crippen molar-refractivity contribution in [3.63, 3.8) is 0 Å². The molecule has 2 atom stereocenters. The maximum atomic E-state index is 6.34. The number of allylic oxidation sites excluding steroid dienone is 2. The molecule has 0 aliphatic carbocycles. The van der Waals surface area contributed by atoms with Crippen LogP contribution in [0.1, 0.15) is 158 Å². The molecule has 0 heterocycles. The van der Waals surface area contributed by atoms with Crippen molar-refractivity contribution in [2.45, 2.75) is 170 Å². The number of unbranched alkanes of at least 4 members (excludes halogenated alkanes) is 8. The first kappa shape index (κ1) is 41.6. The lowest BCUT2D eigenvalue weighted by atomic mass is 10.1. The molecule has 0 saturated carbocycles. The molecule has 0 N–H and O–H groups in total. The molecule has 0 amide bonds. The Morgan fingerprint density at radius 1 is 0.419 bits per heavy atom. The summed E-state index contributed by atoms with van der Waals surface area (Å²) in [4.78, 5) is 0. The van der Waals surface area contributed by atoms with E-state index in [1.165, 1.54) is 51.4 Å². The highest BCUT2D eigenvalue weighted by molar-refractivity contribution is 5.09. The molecule has 0 aromatic heterocycles. The Balaban J connectivity index is 5.60. The minimum Gasteiger partial charge on any atom is -0.495 e. The molecule has 0 aromatic rings. The van der Waals surface area contributed by atoms with E-state index in [0.29, 0.717) is 26.4 Å². The van der Waals surface area contributed by atoms with Crippen molar-refractivity contribution in [2.75, 3.05) is 40.0 Å². The fourth-order valence-corrected chi connectivity index (χ4v) is 5.09. The van der Waals surface area contributed by atoms with Crippen molar-refractivity contribution in [1.82, 2.24) is 0 Å². The van der Waals surface area contributed by atoms with Crippen molar-refractivity contribution in [3.05, 3.63) is 23.0 Å². The predicted molar refractivity (Wildman–Crippen MR) is 178 cm³/mol. The van der Waals surface area contributed by atoms with E-state index in [2.05, 4.69) is 27.7 Å². The van der Waals surface area contributed by atoms with Gasteiger partial charge >= 0.3 is 0 Å². The molecule has 0 fully saturated rings. The summed E-state index contributed by atoms with van der Waals surface area (Å²) in [6.45, 7) is 19.5. The quantitative estimate of drug-likeness (QED) is 0.0424. The third-order valence-corrected chi connectivity index (χ3v) is 7.17. The van der Waals surface area contributed by atoms with Gasteiger partial charge in [-0.15, -0.1) is 0 Å². The Bertz CT molecular complexity index is 605. The van der Waals surface area contributed by atoms with Gasteiger partial charge in [-0.3, -0.25) is 0 Å². The first-order valence-corrected chi connectivity index (χ1v) is 17.9. The Morgan fingerprint density at radius 2 is 0.791 bits per heavy atom. The average Bonchev–Trinajstić information content (AvgIpc) is 3.00.